The first kappa shape index (κ1) is 25.3. The maximum atomic E-state index is 12.7. The van der Waals surface area contributed by atoms with Crippen LogP contribution in [0.25, 0.3) is 0 Å². The van der Waals surface area contributed by atoms with E-state index in [-0.39, 0.29) is 25.7 Å². The fourth-order valence-corrected chi connectivity index (χ4v) is 3.80. The van der Waals surface area contributed by atoms with Crippen LogP contribution in [-0.4, -0.2) is 50.4 Å². The normalized spacial score (nSPS) is 14.1. The monoisotopic (exact) mass is 492 g/mol. The van der Waals surface area contributed by atoms with E-state index in [0.717, 1.165) is 11.1 Å². The van der Waals surface area contributed by atoms with Crippen LogP contribution >= 0.6 is 0 Å². The molecule has 0 spiro atoms. The second-order valence-electron chi connectivity index (χ2n) is 9.34. The third-order valence-electron chi connectivity index (χ3n) is 5.84. The minimum Gasteiger partial charge on any atom is -0.445 e. The number of hydrogen-bond acceptors (Lipinski definition) is 7. The van der Waals surface area contributed by atoms with E-state index >= 15 is 0 Å². The van der Waals surface area contributed by atoms with Crippen LogP contribution in [0, 0.1) is 0 Å². The Kier molecular flexibility index (Phi) is 7.97. The molecule has 2 heterocycles. The topological polar surface area (TPSA) is 125 Å². The molecule has 0 bridgehead atoms. The largest absolute Gasteiger partial charge is 0.445 e. The molecule has 3 N–H and O–H groups in total. The predicted molar refractivity (Wildman–Crippen MR) is 132 cm³/mol. The van der Waals surface area contributed by atoms with Crippen LogP contribution < -0.4 is 11.1 Å². The lowest BCUT2D eigenvalue weighted by Crippen LogP contribution is -2.51. The molecule has 0 saturated heterocycles. The van der Waals surface area contributed by atoms with Gasteiger partial charge in [-0.3, -0.25) is 9.69 Å². The Hall–Kier alpha value is -3.76. The van der Waals surface area contributed by atoms with Crippen molar-refractivity contribution in [1.82, 2.24) is 25.0 Å². The van der Waals surface area contributed by atoms with Crippen LogP contribution in [0.5, 0.6) is 0 Å². The van der Waals surface area contributed by atoms with Crippen LogP contribution in [-0.2, 0) is 40.6 Å². The van der Waals surface area contributed by atoms with E-state index in [2.05, 4.69) is 15.5 Å². The van der Waals surface area contributed by atoms with Crippen molar-refractivity contribution in [3.63, 3.8) is 0 Å². The second-order valence-corrected chi connectivity index (χ2v) is 9.34. The molecule has 4 rings (SSSR count). The summed E-state index contributed by atoms with van der Waals surface area (Å²) in [7, 11) is 0. The SMILES string of the molecule is CC(C)(N)C(=O)NC(COCc1ccccc1)c1nnc2n1CCN(C(=O)OCc1ccccc1)C2. The van der Waals surface area contributed by atoms with Crippen molar-refractivity contribution >= 4 is 12.0 Å². The Labute approximate surface area is 210 Å². The van der Waals surface area contributed by atoms with Crippen molar-refractivity contribution in [3.8, 4) is 0 Å². The molecule has 1 aromatic heterocycles. The van der Waals surface area contributed by atoms with Gasteiger partial charge in [0.25, 0.3) is 0 Å². The lowest BCUT2D eigenvalue weighted by atomic mass is 10.1. The highest BCUT2D eigenvalue weighted by molar-refractivity contribution is 5.85. The molecule has 1 atom stereocenters. The molecule has 1 aliphatic heterocycles. The summed E-state index contributed by atoms with van der Waals surface area (Å²) in [4.78, 5) is 26.9. The molecule has 0 radical (unpaired) electrons. The van der Waals surface area contributed by atoms with Gasteiger partial charge in [0.2, 0.25) is 5.91 Å². The number of nitrogens with two attached hydrogens (primary N) is 1. The number of hydrogen-bond donors (Lipinski definition) is 2. The van der Waals surface area contributed by atoms with Crippen LogP contribution in [0.15, 0.2) is 60.7 Å². The zero-order valence-corrected chi connectivity index (χ0v) is 20.6. The first-order valence-corrected chi connectivity index (χ1v) is 11.9. The third-order valence-corrected chi connectivity index (χ3v) is 5.84. The molecule has 1 unspecified atom stereocenters. The van der Waals surface area contributed by atoms with Gasteiger partial charge in [0.1, 0.15) is 12.6 Å². The van der Waals surface area contributed by atoms with Gasteiger partial charge in [0.15, 0.2) is 11.6 Å². The van der Waals surface area contributed by atoms with Crippen molar-refractivity contribution in [3.05, 3.63) is 83.4 Å². The maximum Gasteiger partial charge on any atom is 0.410 e. The van der Waals surface area contributed by atoms with E-state index < -0.39 is 17.7 Å². The summed E-state index contributed by atoms with van der Waals surface area (Å²) in [5.74, 6) is 0.852. The van der Waals surface area contributed by atoms with E-state index in [1.807, 2.05) is 65.2 Å². The average Bonchev–Trinajstić information content (AvgIpc) is 3.30. The van der Waals surface area contributed by atoms with Crippen molar-refractivity contribution in [1.29, 1.82) is 0 Å². The van der Waals surface area contributed by atoms with Crippen molar-refractivity contribution in [2.45, 2.75) is 51.7 Å². The van der Waals surface area contributed by atoms with Gasteiger partial charge in [-0.2, -0.15) is 0 Å². The van der Waals surface area contributed by atoms with Gasteiger partial charge < -0.3 is 25.1 Å². The van der Waals surface area contributed by atoms with E-state index in [1.54, 1.807) is 18.7 Å². The van der Waals surface area contributed by atoms with Gasteiger partial charge >= 0.3 is 6.09 Å². The summed E-state index contributed by atoms with van der Waals surface area (Å²) in [5, 5.41) is 11.6. The van der Waals surface area contributed by atoms with Crippen LogP contribution in [0.4, 0.5) is 4.79 Å². The standard InChI is InChI=1S/C26H32N6O4/c1-26(2,27)24(33)28-21(18-35-16-19-9-5-3-6-10-19)23-30-29-22-15-31(13-14-32(22)23)25(34)36-17-20-11-7-4-8-12-20/h3-12,21H,13-18,27H2,1-2H3,(H,28,33). The first-order chi connectivity index (χ1) is 17.3. The highest BCUT2D eigenvalue weighted by Gasteiger charge is 2.31. The summed E-state index contributed by atoms with van der Waals surface area (Å²) < 4.78 is 13.3. The smallest absolute Gasteiger partial charge is 0.410 e. The molecular weight excluding hydrogens is 460 g/mol. The molecule has 2 aromatic carbocycles. The molecule has 3 aromatic rings. The number of nitrogens with zero attached hydrogens (tertiary/aromatic N) is 4. The summed E-state index contributed by atoms with van der Waals surface area (Å²) >= 11 is 0. The molecule has 0 aliphatic carbocycles. The number of carbonyl (C=O) groups is 2. The number of carbonyl (C=O) groups excluding carboxylic acids is 2. The summed E-state index contributed by atoms with van der Waals surface area (Å²) in [6.45, 7) is 5.23. The maximum absolute atomic E-state index is 12.7. The van der Waals surface area contributed by atoms with E-state index in [4.69, 9.17) is 15.2 Å². The van der Waals surface area contributed by atoms with Gasteiger partial charge in [-0.25, -0.2) is 4.79 Å². The predicted octanol–water partition coefficient (Wildman–Crippen LogP) is 2.54. The number of fused-ring (bicyclic) bond motifs is 1. The fraction of sp³-hybridized carbons (Fsp3) is 0.385. The average molecular weight is 493 g/mol. The summed E-state index contributed by atoms with van der Waals surface area (Å²) in [6, 6.07) is 18.8. The Morgan fingerprint density at radius 2 is 1.64 bits per heavy atom. The molecule has 10 heteroatoms. The van der Waals surface area contributed by atoms with Crippen LogP contribution in [0.1, 0.15) is 42.7 Å². The van der Waals surface area contributed by atoms with Crippen molar-refractivity contribution < 1.29 is 19.1 Å². The van der Waals surface area contributed by atoms with Gasteiger partial charge in [-0.15, -0.1) is 10.2 Å². The van der Waals surface area contributed by atoms with E-state index in [9.17, 15) is 9.59 Å². The Morgan fingerprint density at radius 3 is 2.28 bits per heavy atom. The Morgan fingerprint density at radius 1 is 1.00 bits per heavy atom. The van der Waals surface area contributed by atoms with Crippen molar-refractivity contribution in [2.24, 2.45) is 5.73 Å². The highest BCUT2D eigenvalue weighted by Crippen LogP contribution is 2.20. The Bertz CT molecular complexity index is 1160. The van der Waals surface area contributed by atoms with Gasteiger partial charge in [0, 0.05) is 13.1 Å². The first-order valence-electron chi connectivity index (χ1n) is 11.9. The lowest BCUT2D eigenvalue weighted by Gasteiger charge is -2.29. The number of nitrogens with one attached hydrogen (secondary N) is 1. The van der Waals surface area contributed by atoms with Crippen molar-refractivity contribution in [2.75, 3.05) is 13.2 Å². The number of ether oxygens (including phenoxy) is 2. The number of aromatic nitrogens is 3. The zero-order chi connectivity index (χ0) is 25.5. The minimum absolute atomic E-state index is 0.192. The quantitative estimate of drug-likeness (QED) is 0.470. The molecule has 190 valence electrons. The summed E-state index contributed by atoms with van der Waals surface area (Å²) in [6.07, 6.45) is -0.407. The minimum atomic E-state index is -1.07. The zero-order valence-electron chi connectivity index (χ0n) is 20.6. The highest BCUT2D eigenvalue weighted by atomic mass is 16.6. The molecular formula is C26H32N6O4. The molecule has 2 amide bonds. The molecule has 0 saturated carbocycles. The molecule has 0 fully saturated rings. The van der Waals surface area contributed by atoms with Gasteiger partial charge in [-0.05, 0) is 25.0 Å². The second kappa shape index (κ2) is 11.3. The van der Waals surface area contributed by atoms with Crippen LogP contribution in [0.2, 0.25) is 0 Å². The third kappa shape index (κ3) is 6.46. The van der Waals surface area contributed by atoms with Gasteiger partial charge in [0.05, 0.1) is 25.3 Å². The molecule has 36 heavy (non-hydrogen) atoms. The molecule has 10 nitrogen and oxygen atoms in total. The lowest BCUT2D eigenvalue weighted by molar-refractivity contribution is -0.126. The van der Waals surface area contributed by atoms with E-state index in [1.165, 1.54) is 0 Å². The number of rotatable bonds is 9. The molecule has 1 aliphatic rings. The Balaban J connectivity index is 1.42. The fourth-order valence-electron chi connectivity index (χ4n) is 3.80. The number of benzene rings is 2. The van der Waals surface area contributed by atoms with Crippen LogP contribution in [0.3, 0.4) is 0 Å². The summed E-state index contributed by atoms with van der Waals surface area (Å²) in [5.41, 5.74) is 6.88. The number of amides is 2. The van der Waals surface area contributed by atoms with Gasteiger partial charge in [-0.1, -0.05) is 60.7 Å². The van der Waals surface area contributed by atoms with E-state index in [0.29, 0.717) is 31.3 Å².